The van der Waals surface area contributed by atoms with E-state index in [0.717, 1.165) is 34.9 Å². The van der Waals surface area contributed by atoms with E-state index in [4.69, 9.17) is 14.2 Å². The molecule has 0 saturated heterocycles. The zero-order valence-electron chi connectivity index (χ0n) is 18.0. The summed E-state index contributed by atoms with van der Waals surface area (Å²) < 4.78 is 17.2. The first-order valence-corrected chi connectivity index (χ1v) is 10.5. The lowest BCUT2D eigenvalue weighted by Crippen LogP contribution is -2.14. The van der Waals surface area contributed by atoms with E-state index in [0.29, 0.717) is 19.9 Å². The van der Waals surface area contributed by atoms with Crippen LogP contribution in [0.2, 0.25) is 0 Å². The fourth-order valence-corrected chi connectivity index (χ4v) is 3.86. The fourth-order valence-electron chi connectivity index (χ4n) is 3.86. The molecule has 5 rings (SSSR count). The van der Waals surface area contributed by atoms with Gasteiger partial charge in [0.1, 0.15) is 12.4 Å². The molecule has 0 radical (unpaired) electrons. The van der Waals surface area contributed by atoms with E-state index in [1.807, 2.05) is 12.1 Å². The molecule has 0 fully saturated rings. The molecule has 0 spiro atoms. The number of aryl methyl sites for hydroxylation is 1. The Morgan fingerprint density at radius 2 is 1.59 bits per heavy atom. The van der Waals surface area contributed by atoms with Crippen LogP contribution in [0.4, 0.5) is 0 Å². The number of ether oxygens (including phenoxy) is 3. The van der Waals surface area contributed by atoms with Crippen molar-refractivity contribution in [3.63, 3.8) is 0 Å². The fraction of sp³-hybridized carbons (Fsp3) is 0.185. The molecule has 0 unspecified atom stereocenters. The molecular weight excluding hydrogens is 422 g/mol. The summed E-state index contributed by atoms with van der Waals surface area (Å²) >= 11 is 0. The molecule has 0 bridgehead atoms. The SMILES string of the molecule is Cc1ccc(COc2ccc3ccccc3c2CNCc2ccc3c(c2)OCO3)cc1.Cl. The van der Waals surface area contributed by atoms with Crippen molar-refractivity contribution < 1.29 is 14.2 Å². The summed E-state index contributed by atoms with van der Waals surface area (Å²) in [5.41, 5.74) is 4.75. The van der Waals surface area contributed by atoms with Crippen LogP contribution in [0.3, 0.4) is 0 Å². The predicted octanol–water partition coefficient (Wildman–Crippen LogP) is 6.17. The first-order chi connectivity index (χ1) is 15.3. The van der Waals surface area contributed by atoms with Crippen LogP contribution in [-0.4, -0.2) is 6.79 Å². The third-order valence-corrected chi connectivity index (χ3v) is 5.58. The minimum absolute atomic E-state index is 0. The van der Waals surface area contributed by atoms with E-state index in [2.05, 4.69) is 79.0 Å². The van der Waals surface area contributed by atoms with E-state index in [1.54, 1.807) is 0 Å². The van der Waals surface area contributed by atoms with Gasteiger partial charge in [-0.15, -0.1) is 12.4 Å². The number of halogens is 1. The van der Waals surface area contributed by atoms with Crippen molar-refractivity contribution in [1.29, 1.82) is 0 Å². The molecule has 0 saturated carbocycles. The minimum atomic E-state index is 0. The van der Waals surface area contributed by atoms with Crippen molar-refractivity contribution in [2.24, 2.45) is 0 Å². The Balaban J connectivity index is 0.00000245. The summed E-state index contributed by atoms with van der Waals surface area (Å²) in [6.07, 6.45) is 0. The number of rotatable bonds is 7. The molecule has 164 valence electrons. The highest BCUT2D eigenvalue weighted by Crippen LogP contribution is 2.33. The van der Waals surface area contributed by atoms with E-state index < -0.39 is 0 Å². The molecule has 0 amide bonds. The highest BCUT2D eigenvalue weighted by Gasteiger charge is 2.14. The Hall–Kier alpha value is -3.21. The number of benzene rings is 4. The molecule has 4 aromatic rings. The summed E-state index contributed by atoms with van der Waals surface area (Å²) in [6, 6.07) is 27.2. The van der Waals surface area contributed by atoms with Crippen LogP contribution in [0.1, 0.15) is 22.3 Å². The van der Waals surface area contributed by atoms with Gasteiger partial charge < -0.3 is 19.5 Å². The van der Waals surface area contributed by atoms with Gasteiger partial charge in [0.25, 0.3) is 0 Å². The largest absolute Gasteiger partial charge is 0.489 e. The molecular formula is C27H26ClNO3. The number of fused-ring (bicyclic) bond motifs is 2. The van der Waals surface area contributed by atoms with E-state index >= 15 is 0 Å². The van der Waals surface area contributed by atoms with Gasteiger partial charge in [-0.3, -0.25) is 0 Å². The second-order valence-corrected chi connectivity index (χ2v) is 7.83. The number of nitrogens with one attached hydrogen (secondary N) is 1. The van der Waals surface area contributed by atoms with Crippen molar-refractivity contribution in [1.82, 2.24) is 5.32 Å². The zero-order valence-corrected chi connectivity index (χ0v) is 18.8. The van der Waals surface area contributed by atoms with Gasteiger partial charge in [0, 0.05) is 18.7 Å². The molecule has 0 aromatic heterocycles. The van der Waals surface area contributed by atoms with Crippen molar-refractivity contribution >= 4 is 23.2 Å². The van der Waals surface area contributed by atoms with Gasteiger partial charge in [0.2, 0.25) is 6.79 Å². The van der Waals surface area contributed by atoms with Gasteiger partial charge in [0.15, 0.2) is 11.5 Å². The Bertz CT molecular complexity index is 1210. The molecule has 32 heavy (non-hydrogen) atoms. The number of hydrogen-bond acceptors (Lipinski definition) is 4. The van der Waals surface area contributed by atoms with Crippen LogP contribution in [0.15, 0.2) is 78.9 Å². The minimum Gasteiger partial charge on any atom is -0.489 e. The Labute approximate surface area is 194 Å². The lowest BCUT2D eigenvalue weighted by atomic mass is 10.0. The van der Waals surface area contributed by atoms with Gasteiger partial charge in [-0.05, 0) is 47.0 Å². The maximum Gasteiger partial charge on any atom is 0.231 e. The van der Waals surface area contributed by atoms with Gasteiger partial charge in [-0.2, -0.15) is 0 Å². The van der Waals surface area contributed by atoms with E-state index in [9.17, 15) is 0 Å². The average Bonchev–Trinajstić information content (AvgIpc) is 3.27. The summed E-state index contributed by atoms with van der Waals surface area (Å²) in [5.74, 6) is 2.54. The second kappa shape index (κ2) is 9.94. The first kappa shape index (κ1) is 22.0. The quantitative estimate of drug-likeness (QED) is 0.368. The summed E-state index contributed by atoms with van der Waals surface area (Å²) in [5, 5.41) is 5.99. The van der Waals surface area contributed by atoms with Gasteiger partial charge in [-0.25, -0.2) is 0 Å². The van der Waals surface area contributed by atoms with Gasteiger partial charge in [-0.1, -0.05) is 66.2 Å². The van der Waals surface area contributed by atoms with Crippen LogP contribution in [0, 0.1) is 6.92 Å². The maximum absolute atomic E-state index is 6.26. The van der Waals surface area contributed by atoms with Crippen LogP contribution in [0.25, 0.3) is 10.8 Å². The molecule has 1 N–H and O–H groups in total. The third-order valence-electron chi connectivity index (χ3n) is 5.58. The van der Waals surface area contributed by atoms with Crippen molar-refractivity contribution in [3.8, 4) is 17.2 Å². The van der Waals surface area contributed by atoms with Crippen molar-refractivity contribution in [2.75, 3.05) is 6.79 Å². The normalized spacial score (nSPS) is 11.9. The summed E-state index contributed by atoms with van der Waals surface area (Å²) in [7, 11) is 0. The second-order valence-electron chi connectivity index (χ2n) is 7.83. The van der Waals surface area contributed by atoms with Gasteiger partial charge in [0.05, 0.1) is 0 Å². The molecule has 5 heteroatoms. The van der Waals surface area contributed by atoms with Crippen molar-refractivity contribution in [3.05, 3.63) is 101 Å². The van der Waals surface area contributed by atoms with E-state index in [-0.39, 0.29) is 12.4 Å². The molecule has 0 aliphatic carbocycles. The van der Waals surface area contributed by atoms with Crippen LogP contribution in [0.5, 0.6) is 17.2 Å². The lowest BCUT2D eigenvalue weighted by Gasteiger charge is -2.15. The molecule has 4 nitrogen and oxygen atoms in total. The Kier molecular flexibility index (Phi) is 6.84. The predicted molar refractivity (Wildman–Crippen MR) is 130 cm³/mol. The summed E-state index contributed by atoms with van der Waals surface area (Å²) in [6.45, 7) is 4.38. The topological polar surface area (TPSA) is 39.7 Å². The molecule has 4 aromatic carbocycles. The zero-order chi connectivity index (χ0) is 21.0. The van der Waals surface area contributed by atoms with Gasteiger partial charge >= 0.3 is 0 Å². The van der Waals surface area contributed by atoms with Crippen LogP contribution in [-0.2, 0) is 19.7 Å². The standard InChI is InChI=1S/C27H25NO3.ClH/c1-19-6-8-20(9-7-19)17-29-25-13-11-22-4-2-3-5-23(22)24(25)16-28-15-21-10-12-26-27(14-21)31-18-30-26;/h2-14,28H,15-18H2,1H3;1H. The maximum atomic E-state index is 6.26. The Morgan fingerprint density at radius 3 is 2.47 bits per heavy atom. The molecule has 0 atom stereocenters. The third kappa shape index (κ3) is 4.82. The first-order valence-electron chi connectivity index (χ1n) is 10.5. The lowest BCUT2D eigenvalue weighted by molar-refractivity contribution is 0.174. The highest BCUT2D eigenvalue weighted by atomic mass is 35.5. The number of hydrogen-bond donors (Lipinski definition) is 1. The molecule has 1 aliphatic heterocycles. The summed E-state index contributed by atoms with van der Waals surface area (Å²) in [4.78, 5) is 0. The molecule has 1 aliphatic rings. The average molecular weight is 448 g/mol. The molecule has 1 heterocycles. The van der Waals surface area contributed by atoms with E-state index in [1.165, 1.54) is 21.9 Å². The van der Waals surface area contributed by atoms with Crippen LogP contribution < -0.4 is 19.5 Å². The van der Waals surface area contributed by atoms with Crippen molar-refractivity contribution in [2.45, 2.75) is 26.6 Å². The van der Waals surface area contributed by atoms with Crippen LogP contribution >= 0.6 is 12.4 Å². The highest BCUT2D eigenvalue weighted by molar-refractivity contribution is 5.87. The monoisotopic (exact) mass is 447 g/mol. The Morgan fingerprint density at radius 1 is 0.812 bits per heavy atom. The smallest absolute Gasteiger partial charge is 0.231 e.